The molecule has 0 aliphatic heterocycles. The Morgan fingerprint density at radius 3 is 2.70 bits per heavy atom. The Morgan fingerprint density at radius 1 is 1.25 bits per heavy atom. The third-order valence-electron chi connectivity index (χ3n) is 2.93. The molecule has 1 N–H and O–H groups in total. The molecular formula is C15H18BrN3O. The zero-order chi connectivity index (χ0) is 14.5. The lowest BCUT2D eigenvalue weighted by atomic mass is 10.2. The van der Waals surface area contributed by atoms with Gasteiger partial charge >= 0.3 is 0 Å². The Labute approximate surface area is 127 Å². The van der Waals surface area contributed by atoms with Crippen molar-refractivity contribution < 1.29 is 4.74 Å². The molecule has 0 fully saturated rings. The van der Waals surface area contributed by atoms with Crippen LogP contribution in [0.3, 0.4) is 0 Å². The molecule has 0 bridgehead atoms. The predicted molar refractivity (Wildman–Crippen MR) is 85.3 cm³/mol. The van der Waals surface area contributed by atoms with E-state index in [2.05, 4.69) is 38.1 Å². The molecule has 106 valence electrons. The van der Waals surface area contributed by atoms with E-state index in [0.717, 1.165) is 40.3 Å². The van der Waals surface area contributed by atoms with Crippen molar-refractivity contribution in [3.63, 3.8) is 0 Å². The fourth-order valence-electron chi connectivity index (χ4n) is 1.90. The molecule has 1 aromatic carbocycles. The fraction of sp³-hybridized carbons (Fsp3) is 0.333. The molecule has 0 amide bonds. The van der Waals surface area contributed by atoms with Crippen molar-refractivity contribution in [2.45, 2.75) is 20.3 Å². The van der Waals surface area contributed by atoms with Gasteiger partial charge in [0, 0.05) is 12.1 Å². The minimum absolute atomic E-state index is 0.708. The van der Waals surface area contributed by atoms with Crippen LogP contribution in [0.4, 0.5) is 5.82 Å². The number of aromatic nitrogens is 2. The highest BCUT2D eigenvalue weighted by atomic mass is 79.9. The summed E-state index contributed by atoms with van der Waals surface area (Å²) in [5, 5.41) is 3.26. The highest BCUT2D eigenvalue weighted by Gasteiger charge is 2.12. The molecule has 2 rings (SSSR count). The summed E-state index contributed by atoms with van der Waals surface area (Å²) in [6.45, 7) is 4.94. The number of halogens is 1. The van der Waals surface area contributed by atoms with E-state index in [4.69, 9.17) is 4.74 Å². The number of benzene rings is 1. The molecule has 4 nitrogen and oxygen atoms in total. The van der Waals surface area contributed by atoms with Crippen LogP contribution in [0.5, 0.6) is 5.75 Å². The first-order valence-corrected chi connectivity index (χ1v) is 7.43. The van der Waals surface area contributed by atoms with Gasteiger partial charge in [0.1, 0.15) is 11.6 Å². The molecular weight excluding hydrogens is 318 g/mol. The number of aryl methyl sites for hydroxylation is 1. The molecule has 0 saturated carbocycles. The lowest BCUT2D eigenvalue weighted by Crippen LogP contribution is -2.05. The van der Waals surface area contributed by atoms with Gasteiger partial charge in [0.05, 0.1) is 17.3 Å². The van der Waals surface area contributed by atoms with Crippen LogP contribution in [0.1, 0.15) is 19.5 Å². The Balaban J connectivity index is 2.52. The van der Waals surface area contributed by atoms with Gasteiger partial charge in [-0.15, -0.1) is 0 Å². The number of hydrogen-bond donors (Lipinski definition) is 1. The normalized spacial score (nSPS) is 10.4. The van der Waals surface area contributed by atoms with Gasteiger partial charge in [-0.05, 0) is 41.4 Å². The van der Waals surface area contributed by atoms with Crippen molar-refractivity contribution >= 4 is 21.7 Å². The SMILES string of the molecule is CCNc1nc(-c2cccc(OC)c2)nc(CC)c1Br. The minimum atomic E-state index is 0.708. The number of nitrogens with one attached hydrogen (secondary N) is 1. The number of ether oxygens (including phenoxy) is 1. The average Bonchev–Trinajstić information content (AvgIpc) is 2.49. The Morgan fingerprint density at radius 2 is 2.05 bits per heavy atom. The van der Waals surface area contributed by atoms with Gasteiger partial charge < -0.3 is 10.1 Å². The molecule has 0 aliphatic carbocycles. The summed E-state index contributed by atoms with van der Waals surface area (Å²) in [5.74, 6) is 2.34. The van der Waals surface area contributed by atoms with E-state index in [0.29, 0.717) is 5.82 Å². The maximum atomic E-state index is 5.25. The molecule has 2 aromatic rings. The highest BCUT2D eigenvalue weighted by Crippen LogP contribution is 2.28. The van der Waals surface area contributed by atoms with Crippen LogP contribution in [-0.4, -0.2) is 23.6 Å². The summed E-state index contributed by atoms with van der Waals surface area (Å²) < 4.78 is 6.19. The third-order valence-corrected chi connectivity index (χ3v) is 3.76. The maximum Gasteiger partial charge on any atom is 0.161 e. The average molecular weight is 336 g/mol. The molecule has 0 atom stereocenters. The maximum absolute atomic E-state index is 5.25. The van der Waals surface area contributed by atoms with E-state index in [1.165, 1.54) is 0 Å². The van der Waals surface area contributed by atoms with Crippen molar-refractivity contribution in [2.75, 3.05) is 19.0 Å². The van der Waals surface area contributed by atoms with Crippen molar-refractivity contribution in [3.05, 3.63) is 34.4 Å². The van der Waals surface area contributed by atoms with E-state index >= 15 is 0 Å². The summed E-state index contributed by atoms with van der Waals surface area (Å²) in [5.41, 5.74) is 1.94. The zero-order valence-electron chi connectivity index (χ0n) is 11.9. The first-order valence-electron chi connectivity index (χ1n) is 6.64. The molecule has 20 heavy (non-hydrogen) atoms. The smallest absolute Gasteiger partial charge is 0.161 e. The van der Waals surface area contributed by atoms with Crippen molar-refractivity contribution in [2.24, 2.45) is 0 Å². The second-order valence-corrected chi connectivity index (χ2v) is 5.07. The number of nitrogens with zero attached hydrogens (tertiary/aromatic N) is 2. The number of anilines is 1. The van der Waals surface area contributed by atoms with Gasteiger partial charge in [-0.3, -0.25) is 0 Å². The lowest BCUT2D eigenvalue weighted by molar-refractivity contribution is 0.415. The van der Waals surface area contributed by atoms with Gasteiger partial charge in [-0.1, -0.05) is 19.1 Å². The molecule has 1 heterocycles. The molecule has 0 saturated heterocycles. The molecule has 0 aliphatic rings. The summed E-state index contributed by atoms with van der Waals surface area (Å²) >= 11 is 3.57. The monoisotopic (exact) mass is 335 g/mol. The topological polar surface area (TPSA) is 47.0 Å². The summed E-state index contributed by atoms with van der Waals surface area (Å²) in [6, 6.07) is 7.78. The first-order chi connectivity index (χ1) is 9.69. The number of methoxy groups -OCH3 is 1. The molecule has 0 spiro atoms. The second-order valence-electron chi connectivity index (χ2n) is 4.27. The number of hydrogen-bond acceptors (Lipinski definition) is 4. The van der Waals surface area contributed by atoms with Crippen LogP contribution in [0, 0.1) is 0 Å². The quantitative estimate of drug-likeness (QED) is 0.899. The third kappa shape index (κ3) is 3.10. The number of rotatable bonds is 5. The Kier molecular flexibility index (Phi) is 4.95. The standard InChI is InChI=1S/C15H18BrN3O/c1-4-12-13(16)15(17-5-2)19-14(18-12)10-7-6-8-11(9-10)20-3/h6-9H,4-5H2,1-3H3,(H,17,18,19). The van der Waals surface area contributed by atoms with Crippen molar-refractivity contribution in [3.8, 4) is 17.1 Å². The van der Waals surface area contributed by atoms with E-state index < -0.39 is 0 Å². The molecule has 0 unspecified atom stereocenters. The van der Waals surface area contributed by atoms with Crippen LogP contribution in [0.15, 0.2) is 28.7 Å². The molecule has 0 radical (unpaired) electrons. The summed E-state index contributed by atoms with van der Waals surface area (Å²) in [4.78, 5) is 9.22. The first kappa shape index (κ1) is 14.8. The lowest BCUT2D eigenvalue weighted by Gasteiger charge is -2.11. The van der Waals surface area contributed by atoms with Crippen LogP contribution in [0.2, 0.25) is 0 Å². The fourth-order valence-corrected chi connectivity index (χ4v) is 2.50. The highest BCUT2D eigenvalue weighted by molar-refractivity contribution is 9.10. The molecule has 5 heteroatoms. The van der Waals surface area contributed by atoms with E-state index in [1.807, 2.05) is 31.2 Å². The van der Waals surface area contributed by atoms with Crippen molar-refractivity contribution in [1.82, 2.24) is 9.97 Å². The zero-order valence-corrected chi connectivity index (χ0v) is 13.5. The minimum Gasteiger partial charge on any atom is -0.497 e. The molecule has 1 aromatic heterocycles. The van der Waals surface area contributed by atoms with Crippen molar-refractivity contribution in [1.29, 1.82) is 0 Å². The van der Waals surface area contributed by atoms with Crippen LogP contribution < -0.4 is 10.1 Å². The largest absolute Gasteiger partial charge is 0.497 e. The van der Waals surface area contributed by atoms with E-state index in [9.17, 15) is 0 Å². The Hall–Kier alpha value is -1.62. The van der Waals surface area contributed by atoms with Gasteiger partial charge in [0.25, 0.3) is 0 Å². The summed E-state index contributed by atoms with van der Waals surface area (Å²) in [6.07, 6.45) is 0.846. The van der Waals surface area contributed by atoms with Crippen LogP contribution in [0.25, 0.3) is 11.4 Å². The summed E-state index contributed by atoms with van der Waals surface area (Å²) in [7, 11) is 1.66. The van der Waals surface area contributed by atoms with Crippen LogP contribution in [-0.2, 0) is 6.42 Å². The Bertz CT molecular complexity index is 602. The van der Waals surface area contributed by atoms with Gasteiger partial charge in [-0.2, -0.15) is 0 Å². The van der Waals surface area contributed by atoms with Gasteiger partial charge in [0.2, 0.25) is 0 Å². The predicted octanol–water partition coefficient (Wildman–Crippen LogP) is 3.91. The van der Waals surface area contributed by atoms with E-state index in [-0.39, 0.29) is 0 Å². The second kappa shape index (κ2) is 6.70. The van der Waals surface area contributed by atoms with Gasteiger partial charge in [0.15, 0.2) is 5.82 Å². The van der Waals surface area contributed by atoms with Gasteiger partial charge in [-0.25, -0.2) is 9.97 Å². The van der Waals surface area contributed by atoms with Crippen LogP contribution >= 0.6 is 15.9 Å². The van der Waals surface area contributed by atoms with E-state index in [1.54, 1.807) is 7.11 Å².